The van der Waals surface area contributed by atoms with E-state index >= 15 is 0 Å². The predicted molar refractivity (Wildman–Crippen MR) is 86.0 cm³/mol. The summed E-state index contributed by atoms with van der Waals surface area (Å²) in [5, 5.41) is 36.5. The number of nitrogens with zero attached hydrogens (tertiary/aromatic N) is 3. The summed E-state index contributed by atoms with van der Waals surface area (Å²) in [5.41, 5.74) is 0. The molecule has 12 atom stereocenters. The third kappa shape index (κ3) is 1.50. The highest BCUT2D eigenvalue weighted by Gasteiger charge is 2.66. The normalized spacial score (nSPS) is 59.0. The standard InChI is InChI=1S/C20H22N4/c21-5-17-13-3-15(19(17)7-23)11-2-12-10(1-9(11)13)14-4-16(12)20(8-24)18(14)6-22/h5,9-21H,1-4H2. The Bertz CT molecular complexity index is 709. The zero-order valence-electron chi connectivity index (χ0n) is 13.7. The molecule has 0 aromatic carbocycles. The lowest BCUT2D eigenvalue weighted by atomic mass is 9.54. The first kappa shape index (κ1) is 14.5. The second-order valence-corrected chi connectivity index (χ2v) is 8.96. The van der Waals surface area contributed by atoms with E-state index in [2.05, 4.69) is 18.2 Å². The molecule has 0 aromatic rings. The summed E-state index contributed by atoms with van der Waals surface area (Å²) < 4.78 is 0. The highest BCUT2D eigenvalue weighted by Crippen LogP contribution is 2.70. The molecule has 122 valence electrons. The summed E-state index contributed by atoms with van der Waals surface area (Å²) in [6.45, 7) is 0. The van der Waals surface area contributed by atoms with E-state index in [0.717, 1.165) is 12.8 Å². The molecule has 0 radical (unpaired) electrons. The number of rotatable bonds is 1. The molecule has 4 bridgehead atoms. The van der Waals surface area contributed by atoms with Gasteiger partial charge in [0, 0.05) is 5.92 Å². The maximum absolute atomic E-state index is 9.59. The van der Waals surface area contributed by atoms with Crippen molar-refractivity contribution < 1.29 is 0 Å². The molecule has 1 N–H and O–H groups in total. The highest BCUT2D eigenvalue weighted by molar-refractivity contribution is 5.60. The molecule has 24 heavy (non-hydrogen) atoms. The minimum absolute atomic E-state index is 0.0440. The SMILES string of the molecule is N#CC1C(C#N)C2CC1C1CC3C4CC(C(C=N)C4C#N)C3CC21. The molecule has 5 saturated carbocycles. The van der Waals surface area contributed by atoms with Gasteiger partial charge in [0.05, 0.1) is 36.0 Å². The Morgan fingerprint density at radius 2 is 0.958 bits per heavy atom. The molecular formula is C20H22N4. The molecule has 4 heteroatoms. The minimum Gasteiger partial charge on any atom is -0.313 e. The van der Waals surface area contributed by atoms with Crippen LogP contribution >= 0.6 is 0 Å². The van der Waals surface area contributed by atoms with Gasteiger partial charge in [-0.05, 0) is 79.2 Å². The maximum Gasteiger partial charge on any atom is 0.0672 e. The molecular weight excluding hydrogens is 296 g/mol. The zero-order valence-corrected chi connectivity index (χ0v) is 13.7. The average molecular weight is 318 g/mol. The van der Waals surface area contributed by atoms with Crippen LogP contribution in [0.25, 0.3) is 0 Å². The molecule has 5 rings (SSSR count). The van der Waals surface area contributed by atoms with Crippen molar-refractivity contribution in [3.8, 4) is 18.2 Å². The van der Waals surface area contributed by atoms with Crippen LogP contribution in [0.2, 0.25) is 0 Å². The van der Waals surface area contributed by atoms with Gasteiger partial charge < -0.3 is 5.41 Å². The van der Waals surface area contributed by atoms with E-state index < -0.39 is 0 Å². The summed E-state index contributed by atoms with van der Waals surface area (Å²) >= 11 is 0. The fraction of sp³-hybridized carbons (Fsp3) is 0.800. The fourth-order valence-electron chi connectivity index (χ4n) is 8.15. The van der Waals surface area contributed by atoms with Gasteiger partial charge in [0.25, 0.3) is 0 Å². The van der Waals surface area contributed by atoms with Crippen LogP contribution < -0.4 is 0 Å². The van der Waals surface area contributed by atoms with E-state index in [-0.39, 0.29) is 23.7 Å². The lowest BCUT2D eigenvalue weighted by Crippen LogP contribution is -2.45. The molecule has 0 saturated heterocycles. The third-order valence-corrected chi connectivity index (χ3v) is 8.80. The van der Waals surface area contributed by atoms with Crippen molar-refractivity contribution in [1.82, 2.24) is 0 Å². The second kappa shape index (κ2) is 4.83. The molecule has 0 aromatic heterocycles. The van der Waals surface area contributed by atoms with Gasteiger partial charge in [0.2, 0.25) is 0 Å². The van der Waals surface area contributed by atoms with Crippen molar-refractivity contribution in [3.63, 3.8) is 0 Å². The van der Waals surface area contributed by atoms with E-state index in [1.54, 1.807) is 6.21 Å². The van der Waals surface area contributed by atoms with Crippen LogP contribution in [-0.4, -0.2) is 6.21 Å². The van der Waals surface area contributed by atoms with Gasteiger partial charge in [-0.3, -0.25) is 0 Å². The van der Waals surface area contributed by atoms with Crippen LogP contribution in [0, 0.1) is 110 Å². The number of nitriles is 3. The van der Waals surface area contributed by atoms with Gasteiger partial charge in [-0.15, -0.1) is 0 Å². The van der Waals surface area contributed by atoms with Crippen LogP contribution in [0.3, 0.4) is 0 Å². The van der Waals surface area contributed by atoms with Crippen LogP contribution in [0.15, 0.2) is 0 Å². The van der Waals surface area contributed by atoms with Crippen molar-refractivity contribution in [2.75, 3.05) is 0 Å². The molecule has 4 nitrogen and oxygen atoms in total. The third-order valence-electron chi connectivity index (χ3n) is 8.80. The Balaban J connectivity index is 1.46. The summed E-state index contributed by atoms with van der Waals surface area (Å²) in [4.78, 5) is 0. The Labute approximate surface area is 143 Å². The topological polar surface area (TPSA) is 95.2 Å². The fourth-order valence-corrected chi connectivity index (χ4v) is 8.15. The Kier molecular flexibility index (Phi) is 2.91. The average Bonchev–Trinajstić information content (AvgIpc) is 3.34. The van der Waals surface area contributed by atoms with Crippen LogP contribution in [0.4, 0.5) is 0 Å². The summed E-state index contributed by atoms with van der Waals surface area (Å²) in [6, 6.07) is 7.42. The van der Waals surface area contributed by atoms with Gasteiger partial charge in [-0.25, -0.2) is 0 Å². The number of fused-ring (bicyclic) bond motifs is 10. The molecule has 5 fully saturated rings. The lowest BCUT2D eigenvalue weighted by Gasteiger charge is -2.49. The first-order valence-corrected chi connectivity index (χ1v) is 9.42. The molecule has 12 unspecified atom stereocenters. The van der Waals surface area contributed by atoms with E-state index in [4.69, 9.17) is 5.41 Å². The minimum atomic E-state index is -0.0579. The van der Waals surface area contributed by atoms with Gasteiger partial charge in [-0.2, -0.15) is 15.8 Å². The molecule has 0 heterocycles. The van der Waals surface area contributed by atoms with E-state index in [0.29, 0.717) is 47.3 Å². The van der Waals surface area contributed by atoms with Gasteiger partial charge in [0.15, 0.2) is 0 Å². The van der Waals surface area contributed by atoms with Crippen molar-refractivity contribution in [2.24, 2.45) is 71.0 Å². The predicted octanol–water partition coefficient (Wildman–Crippen LogP) is 3.23. The van der Waals surface area contributed by atoms with Crippen LogP contribution in [0.5, 0.6) is 0 Å². The number of hydrogen-bond acceptors (Lipinski definition) is 4. The van der Waals surface area contributed by atoms with E-state index in [1.807, 2.05) is 0 Å². The largest absolute Gasteiger partial charge is 0.313 e. The van der Waals surface area contributed by atoms with Crippen molar-refractivity contribution in [1.29, 1.82) is 21.2 Å². The Morgan fingerprint density at radius 3 is 1.42 bits per heavy atom. The van der Waals surface area contributed by atoms with Gasteiger partial charge in [0.1, 0.15) is 0 Å². The smallest absolute Gasteiger partial charge is 0.0672 e. The second-order valence-electron chi connectivity index (χ2n) is 8.96. The lowest BCUT2D eigenvalue weighted by molar-refractivity contribution is 0.00258. The Hall–Kier alpha value is -1.86. The molecule has 0 spiro atoms. The van der Waals surface area contributed by atoms with Crippen LogP contribution in [0.1, 0.15) is 25.7 Å². The monoisotopic (exact) mass is 318 g/mol. The van der Waals surface area contributed by atoms with Gasteiger partial charge >= 0.3 is 0 Å². The maximum atomic E-state index is 9.59. The summed E-state index contributed by atoms with van der Waals surface area (Å²) in [6.07, 6.45) is 6.13. The van der Waals surface area contributed by atoms with Gasteiger partial charge in [-0.1, -0.05) is 0 Å². The molecule has 0 aliphatic heterocycles. The number of hydrogen-bond donors (Lipinski definition) is 1. The van der Waals surface area contributed by atoms with Crippen molar-refractivity contribution in [3.05, 3.63) is 0 Å². The van der Waals surface area contributed by atoms with E-state index in [1.165, 1.54) is 12.8 Å². The highest BCUT2D eigenvalue weighted by atomic mass is 14.7. The summed E-state index contributed by atoms with van der Waals surface area (Å²) in [7, 11) is 0. The number of nitrogens with one attached hydrogen (secondary N) is 1. The zero-order chi connectivity index (χ0) is 16.6. The first-order chi connectivity index (χ1) is 11.7. The van der Waals surface area contributed by atoms with Crippen molar-refractivity contribution >= 4 is 6.21 Å². The van der Waals surface area contributed by atoms with E-state index in [9.17, 15) is 15.8 Å². The molecule has 0 amide bonds. The molecule has 5 aliphatic carbocycles. The van der Waals surface area contributed by atoms with Crippen LogP contribution in [-0.2, 0) is 0 Å². The summed E-state index contributed by atoms with van der Waals surface area (Å²) in [5.74, 6) is 4.48. The Morgan fingerprint density at radius 1 is 0.583 bits per heavy atom. The molecule has 5 aliphatic rings. The first-order valence-electron chi connectivity index (χ1n) is 9.42. The van der Waals surface area contributed by atoms with Crippen molar-refractivity contribution in [2.45, 2.75) is 25.7 Å². The quantitative estimate of drug-likeness (QED) is 0.752.